The van der Waals surface area contributed by atoms with Crippen LogP contribution in [-0.4, -0.2) is 79.7 Å². The zero-order chi connectivity index (χ0) is 19.8. The number of aromatic nitrogens is 1. The number of hydrogen-bond acceptors (Lipinski definition) is 5. The molecule has 0 aromatic carbocycles. The van der Waals surface area contributed by atoms with Crippen LogP contribution in [0, 0.1) is 5.41 Å². The lowest BCUT2D eigenvalue weighted by Crippen LogP contribution is -2.43. The molecule has 0 radical (unpaired) electrons. The highest BCUT2D eigenvalue weighted by atomic mass is 19.4. The van der Waals surface area contributed by atoms with Crippen molar-refractivity contribution in [1.82, 2.24) is 14.8 Å². The van der Waals surface area contributed by atoms with Crippen LogP contribution in [0.25, 0.3) is 0 Å². The van der Waals surface area contributed by atoms with Gasteiger partial charge in [0, 0.05) is 52.0 Å². The van der Waals surface area contributed by atoms with Crippen LogP contribution >= 0.6 is 0 Å². The molecule has 28 heavy (non-hydrogen) atoms. The van der Waals surface area contributed by atoms with Crippen LogP contribution in [-0.2, 0) is 15.7 Å². The Labute approximate surface area is 162 Å². The lowest BCUT2D eigenvalue weighted by atomic mass is 9.85. The van der Waals surface area contributed by atoms with Gasteiger partial charge in [-0.05, 0) is 25.0 Å². The zero-order valence-corrected chi connectivity index (χ0v) is 15.7. The third kappa shape index (κ3) is 3.69. The number of nitrogens with zero attached hydrogens (tertiary/aromatic N) is 4. The van der Waals surface area contributed by atoms with Crippen molar-refractivity contribution in [2.75, 3.05) is 63.9 Å². The maximum atomic E-state index is 13.3. The minimum atomic E-state index is -4.46. The summed E-state index contributed by atoms with van der Waals surface area (Å²) in [6, 6.07) is 2.35. The van der Waals surface area contributed by atoms with Crippen LogP contribution in [0.3, 0.4) is 0 Å². The SMILES string of the molecule is O=C1N(CCN2CCOCC2)CCC12CCN(c1ncccc1C(F)(F)F)C2. The molecule has 3 aliphatic rings. The average Bonchev–Trinajstić information content (AvgIpc) is 3.26. The zero-order valence-electron chi connectivity index (χ0n) is 15.7. The van der Waals surface area contributed by atoms with Gasteiger partial charge in [0.05, 0.1) is 24.2 Å². The molecule has 1 aromatic rings. The van der Waals surface area contributed by atoms with Crippen molar-refractivity contribution in [3.05, 3.63) is 23.9 Å². The number of ether oxygens (including phenoxy) is 1. The lowest BCUT2D eigenvalue weighted by molar-refractivity contribution is -0.137. The minimum absolute atomic E-state index is 0.0635. The fraction of sp³-hybridized carbons (Fsp3) is 0.684. The van der Waals surface area contributed by atoms with E-state index in [9.17, 15) is 18.0 Å². The number of alkyl halides is 3. The fourth-order valence-corrected chi connectivity index (χ4v) is 4.50. The first-order valence-electron chi connectivity index (χ1n) is 9.76. The smallest absolute Gasteiger partial charge is 0.379 e. The maximum absolute atomic E-state index is 13.3. The van der Waals surface area contributed by atoms with Crippen molar-refractivity contribution in [3.8, 4) is 0 Å². The fourth-order valence-electron chi connectivity index (χ4n) is 4.50. The number of hydrogen-bond donors (Lipinski definition) is 0. The third-order valence-corrected chi connectivity index (χ3v) is 6.14. The van der Waals surface area contributed by atoms with Crippen LogP contribution < -0.4 is 4.90 Å². The predicted molar refractivity (Wildman–Crippen MR) is 97.0 cm³/mol. The van der Waals surface area contributed by atoms with Crippen molar-refractivity contribution < 1.29 is 22.7 Å². The Morgan fingerprint density at radius 3 is 2.61 bits per heavy atom. The Balaban J connectivity index is 1.42. The van der Waals surface area contributed by atoms with E-state index in [-0.39, 0.29) is 11.7 Å². The van der Waals surface area contributed by atoms with E-state index in [2.05, 4.69) is 9.88 Å². The van der Waals surface area contributed by atoms with Crippen molar-refractivity contribution in [1.29, 1.82) is 0 Å². The molecule has 154 valence electrons. The second kappa shape index (κ2) is 7.51. The Morgan fingerprint density at radius 2 is 1.86 bits per heavy atom. The lowest BCUT2D eigenvalue weighted by Gasteiger charge is -2.29. The summed E-state index contributed by atoms with van der Waals surface area (Å²) in [5.41, 5.74) is -1.31. The molecule has 6 nitrogen and oxygen atoms in total. The second-order valence-electron chi connectivity index (χ2n) is 7.82. The highest BCUT2D eigenvalue weighted by Gasteiger charge is 2.51. The van der Waals surface area contributed by atoms with E-state index in [4.69, 9.17) is 4.74 Å². The molecule has 0 N–H and O–H groups in total. The molecule has 3 fully saturated rings. The number of carbonyl (C=O) groups excluding carboxylic acids is 1. The van der Waals surface area contributed by atoms with Gasteiger partial charge in [0.15, 0.2) is 0 Å². The molecule has 9 heteroatoms. The van der Waals surface area contributed by atoms with E-state index >= 15 is 0 Å². The highest BCUT2D eigenvalue weighted by Crippen LogP contribution is 2.44. The van der Waals surface area contributed by atoms with E-state index in [1.807, 2.05) is 4.90 Å². The molecule has 1 atom stereocenters. The molecule has 1 amide bonds. The third-order valence-electron chi connectivity index (χ3n) is 6.14. The molecular weight excluding hydrogens is 373 g/mol. The van der Waals surface area contributed by atoms with Gasteiger partial charge in [-0.3, -0.25) is 9.69 Å². The summed E-state index contributed by atoms with van der Waals surface area (Å²) in [4.78, 5) is 22.9. The monoisotopic (exact) mass is 398 g/mol. The summed E-state index contributed by atoms with van der Waals surface area (Å²) in [6.07, 6.45) is -1.81. The minimum Gasteiger partial charge on any atom is -0.379 e. The number of carbonyl (C=O) groups is 1. The molecule has 3 saturated heterocycles. The topological polar surface area (TPSA) is 48.9 Å². The molecule has 1 spiro atoms. The molecule has 4 heterocycles. The van der Waals surface area contributed by atoms with E-state index in [0.29, 0.717) is 39.0 Å². The van der Waals surface area contributed by atoms with Crippen molar-refractivity contribution in [2.24, 2.45) is 5.41 Å². The first-order valence-corrected chi connectivity index (χ1v) is 9.76. The number of morpholine rings is 1. The molecule has 4 rings (SSSR count). The normalized spacial score (nSPS) is 26.6. The molecule has 1 aromatic heterocycles. The standard InChI is InChI=1S/C19H25F3N4O2/c20-19(21,22)15-2-1-5-23-16(15)26-7-4-18(14-26)3-6-25(17(18)27)9-8-24-10-12-28-13-11-24/h1-2,5H,3-4,6-14H2. The number of halogens is 3. The van der Waals surface area contributed by atoms with E-state index in [1.165, 1.54) is 12.3 Å². The van der Waals surface area contributed by atoms with Crippen molar-refractivity contribution >= 4 is 11.7 Å². The molecule has 0 bridgehead atoms. The van der Waals surface area contributed by atoms with Gasteiger partial charge in [-0.1, -0.05) is 0 Å². The van der Waals surface area contributed by atoms with Gasteiger partial charge in [0.2, 0.25) is 5.91 Å². The number of amides is 1. The van der Waals surface area contributed by atoms with Crippen LogP contribution in [0.15, 0.2) is 18.3 Å². The number of likely N-dealkylation sites (tertiary alicyclic amines) is 1. The summed E-state index contributed by atoms with van der Waals surface area (Å²) in [5, 5.41) is 0. The first-order chi connectivity index (χ1) is 13.4. The van der Waals surface area contributed by atoms with Gasteiger partial charge in [0.25, 0.3) is 0 Å². The number of anilines is 1. The number of pyridine rings is 1. The Kier molecular flexibility index (Phi) is 5.22. The van der Waals surface area contributed by atoms with Gasteiger partial charge >= 0.3 is 6.18 Å². The Bertz CT molecular complexity index is 723. The summed E-state index contributed by atoms with van der Waals surface area (Å²) in [6.45, 7) is 6.07. The van der Waals surface area contributed by atoms with E-state index in [1.54, 1.807) is 4.90 Å². The van der Waals surface area contributed by atoms with Crippen LogP contribution in [0.2, 0.25) is 0 Å². The molecule has 3 aliphatic heterocycles. The van der Waals surface area contributed by atoms with Gasteiger partial charge in [0.1, 0.15) is 5.82 Å². The Morgan fingerprint density at radius 1 is 1.11 bits per heavy atom. The molecule has 0 saturated carbocycles. The maximum Gasteiger partial charge on any atom is 0.419 e. The Hall–Kier alpha value is -1.87. The van der Waals surface area contributed by atoms with Crippen molar-refractivity contribution in [3.63, 3.8) is 0 Å². The predicted octanol–water partition coefficient (Wildman–Crippen LogP) is 1.86. The summed E-state index contributed by atoms with van der Waals surface area (Å²) < 4.78 is 45.3. The average molecular weight is 398 g/mol. The summed E-state index contributed by atoms with van der Waals surface area (Å²) >= 11 is 0. The van der Waals surface area contributed by atoms with Gasteiger partial charge < -0.3 is 14.5 Å². The van der Waals surface area contributed by atoms with Crippen molar-refractivity contribution in [2.45, 2.75) is 19.0 Å². The number of rotatable bonds is 4. The summed E-state index contributed by atoms with van der Waals surface area (Å²) in [5.74, 6) is 0.0131. The van der Waals surface area contributed by atoms with E-state index < -0.39 is 17.2 Å². The van der Waals surface area contributed by atoms with Crippen LogP contribution in [0.4, 0.5) is 19.0 Å². The van der Waals surface area contributed by atoms with Crippen LogP contribution in [0.1, 0.15) is 18.4 Å². The van der Waals surface area contributed by atoms with Gasteiger partial charge in [-0.15, -0.1) is 0 Å². The van der Waals surface area contributed by atoms with Gasteiger partial charge in [-0.2, -0.15) is 13.2 Å². The molecule has 0 aliphatic carbocycles. The molecule has 1 unspecified atom stereocenters. The second-order valence-corrected chi connectivity index (χ2v) is 7.82. The first kappa shape index (κ1) is 19.4. The van der Waals surface area contributed by atoms with Crippen LogP contribution in [0.5, 0.6) is 0 Å². The van der Waals surface area contributed by atoms with Gasteiger partial charge in [-0.25, -0.2) is 4.98 Å². The van der Waals surface area contributed by atoms with E-state index in [0.717, 1.165) is 38.9 Å². The largest absolute Gasteiger partial charge is 0.419 e. The highest BCUT2D eigenvalue weighted by molar-refractivity contribution is 5.86. The summed E-state index contributed by atoms with van der Waals surface area (Å²) in [7, 11) is 0. The molecular formula is C19H25F3N4O2. The quantitative estimate of drug-likeness (QED) is 0.775.